The predicted molar refractivity (Wildman–Crippen MR) is 60.9 cm³/mol. The van der Waals surface area contributed by atoms with Crippen molar-refractivity contribution < 1.29 is 4.74 Å². The fourth-order valence-electron chi connectivity index (χ4n) is 2.09. The number of nitrogens with one attached hydrogen (secondary N) is 1. The van der Waals surface area contributed by atoms with E-state index in [0.717, 1.165) is 24.2 Å². The zero-order valence-electron chi connectivity index (χ0n) is 9.29. The molecule has 1 fully saturated rings. The van der Waals surface area contributed by atoms with Crippen LogP contribution in [-0.2, 0) is 0 Å². The van der Waals surface area contributed by atoms with E-state index in [-0.39, 0.29) is 11.6 Å². The highest BCUT2D eigenvalue weighted by molar-refractivity contribution is 5.39. The van der Waals surface area contributed by atoms with E-state index < -0.39 is 0 Å². The molecule has 0 amide bonds. The van der Waals surface area contributed by atoms with Gasteiger partial charge < -0.3 is 15.8 Å². The Bertz CT molecular complexity index is 347. The number of para-hydroxylation sites is 1. The Kier molecular flexibility index (Phi) is 2.67. The van der Waals surface area contributed by atoms with Crippen LogP contribution in [0.5, 0.6) is 5.75 Å². The van der Waals surface area contributed by atoms with Crippen LogP contribution in [0.3, 0.4) is 0 Å². The van der Waals surface area contributed by atoms with E-state index in [1.54, 1.807) is 7.11 Å². The summed E-state index contributed by atoms with van der Waals surface area (Å²) in [5.74, 6) is 0.911. The van der Waals surface area contributed by atoms with Crippen molar-refractivity contribution in [2.45, 2.75) is 24.4 Å². The van der Waals surface area contributed by atoms with Gasteiger partial charge in [0.1, 0.15) is 5.75 Å². The van der Waals surface area contributed by atoms with E-state index in [2.05, 4.69) is 11.4 Å². The molecule has 15 heavy (non-hydrogen) atoms. The predicted octanol–water partition coefficient (Wildman–Crippen LogP) is 1.45. The molecule has 82 valence electrons. The van der Waals surface area contributed by atoms with Gasteiger partial charge in [0, 0.05) is 11.1 Å². The lowest BCUT2D eigenvalue weighted by molar-refractivity contribution is 0.386. The van der Waals surface area contributed by atoms with Gasteiger partial charge in [-0.1, -0.05) is 18.2 Å². The first-order chi connectivity index (χ1) is 7.21. The molecule has 2 rings (SSSR count). The first kappa shape index (κ1) is 10.5. The van der Waals surface area contributed by atoms with Crippen LogP contribution in [0.15, 0.2) is 24.3 Å². The van der Waals surface area contributed by atoms with Crippen LogP contribution in [0.1, 0.15) is 24.4 Å². The molecule has 1 saturated carbocycles. The molecule has 1 aliphatic rings. The van der Waals surface area contributed by atoms with Crippen molar-refractivity contribution in [1.29, 1.82) is 0 Å². The maximum Gasteiger partial charge on any atom is 0.123 e. The Morgan fingerprint density at radius 3 is 2.60 bits per heavy atom. The molecule has 0 aliphatic heterocycles. The van der Waals surface area contributed by atoms with E-state index >= 15 is 0 Å². The molecule has 0 bridgehead atoms. The zero-order chi connectivity index (χ0) is 10.9. The van der Waals surface area contributed by atoms with Gasteiger partial charge in [0.05, 0.1) is 13.2 Å². The molecule has 1 aromatic carbocycles. The second-order valence-electron chi connectivity index (χ2n) is 4.20. The van der Waals surface area contributed by atoms with Crippen LogP contribution in [0.2, 0.25) is 0 Å². The second kappa shape index (κ2) is 3.83. The summed E-state index contributed by atoms with van der Waals surface area (Å²) in [6, 6.07) is 8.24. The lowest BCUT2D eigenvalue weighted by atomic mass is 9.97. The van der Waals surface area contributed by atoms with Crippen LogP contribution in [0.25, 0.3) is 0 Å². The molecule has 3 heteroatoms. The molecule has 0 aromatic heterocycles. The van der Waals surface area contributed by atoms with Gasteiger partial charge in [-0.2, -0.15) is 0 Å². The minimum atomic E-state index is -0.0800. The van der Waals surface area contributed by atoms with Gasteiger partial charge in [-0.25, -0.2) is 0 Å². The minimum absolute atomic E-state index is 0.0800. The second-order valence-corrected chi connectivity index (χ2v) is 4.20. The first-order valence-electron chi connectivity index (χ1n) is 5.30. The highest BCUT2D eigenvalue weighted by Gasteiger charge is 2.46. The number of nitrogens with two attached hydrogens (primary N) is 1. The molecule has 1 aliphatic carbocycles. The molecule has 1 unspecified atom stereocenters. The highest BCUT2D eigenvalue weighted by atomic mass is 16.5. The van der Waals surface area contributed by atoms with Gasteiger partial charge in [-0.15, -0.1) is 0 Å². The van der Waals surface area contributed by atoms with Crippen molar-refractivity contribution >= 4 is 0 Å². The summed E-state index contributed by atoms with van der Waals surface area (Å²) < 4.78 is 5.36. The van der Waals surface area contributed by atoms with Crippen LogP contribution < -0.4 is 15.8 Å². The molecule has 1 aromatic rings. The van der Waals surface area contributed by atoms with Gasteiger partial charge in [0.15, 0.2) is 0 Å². The summed E-state index contributed by atoms with van der Waals surface area (Å²) in [4.78, 5) is 0. The van der Waals surface area contributed by atoms with Gasteiger partial charge in [0.2, 0.25) is 0 Å². The number of hydrogen-bond acceptors (Lipinski definition) is 3. The monoisotopic (exact) mass is 206 g/mol. The third-order valence-corrected chi connectivity index (χ3v) is 3.14. The normalized spacial score (nSPS) is 19.7. The van der Waals surface area contributed by atoms with Gasteiger partial charge in [0.25, 0.3) is 0 Å². The quantitative estimate of drug-likeness (QED) is 0.783. The molecule has 0 saturated heterocycles. The Morgan fingerprint density at radius 2 is 2.07 bits per heavy atom. The number of hydrogen-bond donors (Lipinski definition) is 2. The summed E-state index contributed by atoms with van der Waals surface area (Å²) in [6.07, 6.45) is 2.16. The average Bonchev–Trinajstić information content (AvgIpc) is 2.99. The van der Waals surface area contributed by atoms with Crippen molar-refractivity contribution in [2.24, 2.45) is 5.73 Å². The molecular formula is C12H18N2O. The Morgan fingerprint density at radius 1 is 1.40 bits per heavy atom. The molecule has 0 radical (unpaired) electrons. The maximum absolute atomic E-state index is 6.24. The van der Waals surface area contributed by atoms with E-state index in [9.17, 15) is 0 Å². The van der Waals surface area contributed by atoms with Crippen molar-refractivity contribution in [1.82, 2.24) is 5.32 Å². The summed E-state index contributed by atoms with van der Waals surface area (Å²) in [7, 11) is 3.64. The Balaban J connectivity index is 2.33. The van der Waals surface area contributed by atoms with Crippen molar-refractivity contribution in [2.75, 3.05) is 14.2 Å². The van der Waals surface area contributed by atoms with E-state index in [0.29, 0.717) is 0 Å². The number of benzene rings is 1. The summed E-state index contributed by atoms with van der Waals surface area (Å²) in [5, 5.41) is 3.29. The Labute approximate surface area is 90.6 Å². The van der Waals surface area contributed by atoms with Crippen molar-refractivity contribution in [3.8, 4) is 5.75 Å². The van der Waals surface area contributed by atoms with Crippen LogP contribution in [-0.4, -0.2) is 19.7 Å². The Hall–Kier alpha value is -1.06. The SMILES string of the molecule is CNC(c1ccccc1OC)C1(N)CC1. The van der Waals surface area contributed by atoms with Crippen LogP contribution >= 0.6 is 0 Å². The van der Waals surface area contributed by atoms with Crippen molar-refractivity contribution in [3.63, 3.8) is 0 Å². The lowest BCUT2D eigenvalue weighted by Gasteiger charge is -2.25. The largest absolute Gasteiger partial charge is 0.496 e. The average molecular weight is 206 g/mol. The van der Waals surface area contributed by atoms with Crippen LogP contribution in [0.4, 0.5) is 0 Å². The summed E-state index contributed by atoms with van der Waals surface area (Å²) in [6.45, 7) is 0. The van der Waals surface area contributed by atoms with E-state index in [1.807, 2.05) is 25.2 Å². The number of rotatable bonds is 4. The fraction of sp³-hybridized carbons (Fsp3) is 0.500. The van der Waals surface area contributed by atoms with Gasteiger partial charge in [-0.05, 0) is 26.0 Å². The minimum Gasteiger partial charge on any atom is -0.496 e. The zero-order valence-corrected chi connectivity index (χ0v) is 9.29. The molecule has 0 spiro atoms. The highest BCUT2D eigenvalue weighted by Crippen LogP contribution is 2.45. The standard InChI is InChI=1S/C12H18N2O/c1-14-11(12(13)7-8-12)9-5-3-4-6-10(9)15-2/h3-6,11,14H,7-8,13H2,1-2H3. The first-order valence-corrected chi connectivity index (χ1v) is 5.30. The smallest absolute Gasteiger partial charge is 0.123 e. The van der Waals surface area contributed by atoms with Gasteiger partial charge >= 0.3 is 0 Å². The molecule has 3 nitrogen and oxygen atoms in total. The third-order valence-electron chi connectivity index (χ3n) is 3.14. The molecule has 1 atom stereocenters. The topological polar surface area (TPSA) is 47.3 Å². The lowest BCUT2D eigenvalue weighted by Crippen LogP contribution is -2.38. The third kappa shape index (κ3) is 1.85. The fourth-order valence-corrected chi connectivity index (χ4v) is 2.09. The molecule has 3 N–H and O–H groups in total. The number of likely N-dealkylation sites (N-methyl/N-ethyl adjacent to an activating group) is 1. The summed E-state index contributed by atoms with van der Waals surface area (Å²) in [5.41, 5.74) is 7.31. The van der Waals surface area contributed by atoms with E-state index in [1.165, 1.54) is 0 Å². The maximum atomic E-state index is 6.24. The van der Waals surface area contributed by atoms with Crippen LogP contribution in [0, 0.1) is 0 Å². The van der Waals surface area contributed by atoms with Crippen molar-refractivity contribution in [3.05, 3.63) is 29.8 Å². The van der Waals surface area contributed by atoms with E-state index in [4.69, 9.17) is 10.5 Å². The molecule has 0 heterocycles. The number of ether oxygens (including phenoxy) is 1. The summed E-state index contributed by atoms with van der Waals surface area (Å²) >= 11 is 0. The number of methoxy groups -OCH3 is 1. The van der Waals surface area contributed by atoms with Gasteiger partial charge in [-0.3, -0.25) is 0 Å². The molecular weight excluding hydrogens is 188 g/mol.